The molecule has 4 rings (SSSR count). The summed E-state index contributed by atoms with van der Waals surface area (Å²) in [5.74, 6) is -0.246. The minimum absolute atomic E-state index is 0.246. The van der Waals surface area contributed by atoms with Crippen molar-refractivity contribution >= 4 is 22.4 Å². The van der Waals surface area contributed by atoms with E-state index in [0.717, 1.165) is 16.9 Å². The van der Waals surface area contributed by atoms with Crippen LogP contribution in [-0.2, 0) is 13.0 Å². The van der Waals surface area contributed by atoms with E-state index < -0.39 is 0 Å². The second-order valence-electron chi connectivity index (χ2n) is 7.14. The predicted octanol–water partition coefficient (Wildman–Crippen LogP) is 4.85. The van der Waals surface area contributed by atoms with Gasteiger partial charge in [0.2, 0.25) is 0 Å². The van der Waals surface area contributed by atoms with Crippen molar-refractivity contribution in [3.63, 3.8) is 0 Å². The highest BCUT2D eigenvalue weighted by Crippen LogP contribution is 2.22. The molecule has 0 aliphatic heterocycles. The lowest BCUT2D eigenvalue weighted by Gasteiger charge is -2.03. The second kappa shape index (κ2) is 8.41. The quantitative estimate of drug-likeness (QED) is 0.502. The predicted molar refractivity (Wildman–Crippen MR) is 117 cm³/mol. The van der Waals surface area contributed by atoms with E-state index in [0.29, 0.717) is 17.4 Å². The number of aromatic nitrogens is 3. The fourth-order valence-corrected chi connectivity index (χ4v) is 3.93. The van der Waals surface area contributed by atoms with Crippen LogP contribution < -0.4 is 5.32 Å². The third kappa shape index (κ3) is 4.97. The number of rotatable bonds is 6. The van der Waals surface area contributed by atoms with Crippen LogP contribution >= 0.6 is 11.3 Å². The van der Waals surface area contributed by atoms with Crippen LogP contribution in [-0.4, -0.2) is 20.7 Å². The van der Waals surface area contributed by atoms with Crippen LogP contribution in [0.2, 0.25) is 0 Å². The van der Waals surface area contributed by atoms with Crippen molar-refractivity contribution in [2.24, 2.45) is 0 Å². The summed E-state index contributed by atoms with van der Waals surface area (Å²) in [5, 5.41) is 7.84. The van der Waals surface area contributed by atoms with Crippen molar-refractivity contribution in [1.29, 1.82) is 0 Å². The number of nitrogens with zero attached hydrogens (tertiary/aromatic N) is 3. The van der Waals surface area contributed by atoms with Gasteiger partial charge in [-0.1, -0.05) is 59.7 Å². The Morgan fingerprint density at radius 1 is 1.03 bits per heavy atom. The first kappa shape index (κ1) is 19.1. The van der Waals surface area contributed by atoms with Crippen molar-refractivity contribution in [2.45, 2.75) is 26.8 Å². The fraction of sp³-hybridized carbons (Fsp3) is 0.174. The summed E-state index contributed by atoms with van der Waals surface area (Å²) in [4.78, 5) is 18.0. The fourth-order valence-electron chi connectivity index (χ4n) is 3.08. The molecule has 0 bridgehead atoms. The molecular formula is C23H22N4OS. The third-order valence-electron chi connectivity index (χ3n) is 4.57. The Balaban J connectivity index is 1.38. The molecule has 2 heterocycles. The largest absolute Gasteiger partial charge is 0.296 e. The maximum Gasteiger partial charge on any atom is 0.277 e. The van der Waals surface area contributed by atoms with E-state index >= 15 is 0 Å². The number of aryl methyl sites for hydroxylation is 2. The highest BCUT2D eigenvalue weighted by Gasteiger charge is 2.12. The Hall–Kier alpha value is -3.25. The van der Waals surface area contributed by atoms with Crippen molar-refractivity contribution < 1.29 is 4.79 Å². The number of carbonyl (C=O) groups is 1. The Morgan fingerprint density at radius 2 is 1.86 bits per heavy atom. The molecule has 0 fully saturated rings. The van der Waals surface area contributed by atoms with Gasteiger partial charge in [0.05, 0.1) is 6.54 Å². The summed E-state index contributed by atoms with van der Waals surface area (Å²) < 4.78 is 1.77. The first-order chi connectivity index (χ1) is 14.0. The summed E-state index contributed by atoms with van der Waals surface area (Å²) in [6, 6.07) is 18.4. The van der Waals surface area contributed by atoms with Gasteiger partial charge in [0.25, 0.3) is 5.91 Å². The van der Waals surface area contributed by atoms with E-state index in [4.69, 9.17) is 0 Å². The molecule has 0 aliphatic rings. The van der Waals surface area contributed by atoms with Gasteiger partial charge >= 0.3 is 0 Å². The molecule has 5 nitrogen and oxygen atoms in total. The van der Waals surface area contributed by atoms with E-state index in [1.165, 1.54) is 28.0 Å². The normalized spacial score (nSPS) is 10.8. The molecule has 0 saturated heterocycles. The number of nitrogens with one attached hydrogen (secondary N) is 1. The second-order valence-corrected chi connectivity index (χ2v) is 8.25. The molecular weight excluding hydrogens is 380 g/mol. The van der Waals surface area contributed by atoms with Gasteiger partial charge < -0.3 is 0 Å². The maximum atomic E-state index is 12.5. The van der Waals surface area contributed by atoms with Crippen LogP contribution in [0.1, 0.15) is 37.6 Å². The molecule has 0 unspecified atom stereocenters. The monoisotopic (exact) mass is 402 g/mol. The van der Waals surface area contributed by atoms with E-state index in [1.807, 2.05) is 18.5 Å². The number of amides is 1. The van der Waals surface area contributed by atoms with Gasteiger partial charge in [-0.25, -0.2) is 4.98 Å². The van der Waals surface area contributed by atoms with Gasteiger partial charge in [0.1, 0.15) is 0 Å². The molecule has 2 aromatic carbocycles. The van der Waals surface area contributed by atoms with Gasteiger partial charge in [-0.2, -0.15) is 5.10 Å². The molecule has 0 atom stereocenters. The average Bonchev–Trinajstić information content (AvgIpc) is 3.33. The molecule has 0 radical (unpaired) electrons. The molecule has 0 aliphatic carbocycles. The smallest absolute Gasteiger partial charge is 0.277 e. The third-order valence-corrected chi connectivity index (χ3v) is 5.49. The summed E-state index contributed by atoms with van der Waals surface area (Å²) in [6.07, 6.45) is 4.44. The van der Waals surface area contributed by atoms with Gasteiger partial charge in [0.15, 0.2) is 10.8 Å². The van der Waals surface area contributed by atoms with E-state index in [-0.39, 0.29) is 5.91 Å². The van der Waals surface area contributed by atoms with Crippen LogP contribution in [0.4, 0.5) is 5.13 Å². The minimum Gasteiger partial charge on any atom is -0.296 e. The molecule has 1 N–H and O–H groups in total. The minimum atomic E-state index is -0.246. The first-order valence-electron chi connectivity index (χ1n) is 9.46. The zero-order chi connectivity index (χ0) is 20.2. The topological polar surface area (TPSA) is 59.8 Å². The highest BCUT2D eigenvalue weighted by molar-refractivity contribution is 7.15. The summed E-state index contributed by atoms with van der Waals surface area (Å²) in [5.41, 5.74) is 5.21. The number of anilines is 1. The Labute approximate surface area is 174 Å². The number of benzene rings is 2. The van der Waals surface area contributed by atoms with E-state index in [1.54, 1.807) is 10.7 Å². The first-order valence-corrected chi connectivity index (χ1v) is 10.3. The zero-order valence-corrected chi connectivity index (χ0v) is 17.2. The lowest BCUT2D eigenvalue weighted by Crippen LogP contribution is -2.13. The molecule has 146 valence electrons. The summed E-state index contributed by atoms with van der Waals surface area (Å²) in [7, 11) is 0. The number of hydrogen-bond donors (Lipinski definition) is 1. The molecule has 2 aromatic heterocycles. The standard InChI is InChI=1S/C23H22N4OS/c1-16-6-8-18(9-7-16)13-20-14-24-23(29-20)25-22(28)21-10-11-27(26-21)15-19-5-3-4-17(2)12-19/h3-12,14H,13,15H2,1-2H3,(H,24,25,28). The van der Waals surface area contributed by atoms with E-state index in [9.17, 15) is 4.79 Å². The molecule has 1 amide bonds. The zero-order valence-electron chi connectivity index (χ0n) is 16.4. The van der Waals surface area contributed by atoms with Crippen LogP contribution in [0.3, 0.4) is 0 Å². The van der Waals surface area contributed by atoms with Crippen LogP contribution in [0.25, 0.3) is 0 Å². The van der Waals surface area contributed by atoms with Gasteiger partial charge in [-0.3, -0.25) is 14.8 Å². The van der Waals surface area contributed by atoms with E-state index in [2.05, 4.69) is 71.7 Å². The van der Waals surface area contributed by atoms with Gasteiger partial charge in [-0.05, 0) is 31.0 Å². The van der Waals surface area contributed by atoms with Crippen molar-refractivity contribution in [3.05, 3.63) is 99.8 Å². The molecule has 6 heteroatoms. The van der Waals surface area contributed by atoms with Crippen molar-refractivity contribution in [3.8, 4) is 0 Å². The van der Waals surface area contributed by atoms with Crippen LogP contribution in [0.5, 0.6) is 0 Å². The SMILES string of the molecule is Cc1ccc(Cc2cnc(NC(=O)c3ccn(Cc4cccc(C)c4)n3)s2)cc1. The van der Waals surface area contributed by atoms with Crippen molar-refractivity contribution in [2.75, 3.05) is 5.32 Å². The Bertz CT molecular complexity index is 1130. The Morgan fingerprint density at radius 3 is 2.66 bits per heavy atom. The lowest BCUT2D eigenvalue weighted by molar-refractivity contribution is 0.102. The highest BCUT2D eigenvalue weighted by atomic mass is 32.1. The molecule has 4 aromatic rings. The summed E-state index contributed by atoms with van der Waals surface area (Å²) >= 11 is 1.49. The number of carbonyl (C=O) groups excluding carboxylic acids is 1. The van der Waals surface area contributed by atoms with Crippen LogP contribution in [0.15, 0.2) is 67.0 Å². The van der Waals surface area contributed by atoms with Gasteiger partial charge in [-0.15, -0.1) is 11.3 Å². The lowest BCUT2D eigenvalue weighted by atomic mass is 10.1. The number of hydrogen-bond acceptors (Lipinski definition) is 4. The average molecular weight is 403 g/mol. The molecule has 0 saturated carbocycles. The Kier molecular flexibility index (Phi) is 5.53. The molecule has 0 spiro atoms. The number of thiazole rings is 1. The molecule has 29 heavy (non-hydrogen) atoms. The van der Waals surface area contributed by atoms with Crippen LogP contribution in [0, 0.1) is 13.8 Å². The van der Waals surface area contributed by atoms with Crippen molar-refractivity contribution in [1.82, 2.24) is 14.8 Å². The summed E-state index contributed by atoms with van der Waals surface area (Å²) in [6.45, 7) is 4.77. The maximum absolute atomic E-state index is 12.5. The van der Waals surface area contributed by atoms with Gasteiger partial charge in [0, 0.05) is 23.7 Å².